The molecule has 0 aromatic heterocycles. The fraction of sp³-hybridized carbons (Fsp3) is 0.333. The fourth-order valence-electron chi connectivity index (χ4n) is 2.65. The van der Waals surface area contributed by atoms with Gasteiger partial charge in [0.15, 0.2) is 0 Å². The van der Waals surface area contributed by atoms with E-state index in [0.29, 0.717) is 16.8 Å². The van der Waals surface area contributed by atoms with Crippen LogP contribution in [0.3, 0.4) is 0 Å². The highest BCUT2D eigenvalue weighted by Gasteiger charge is 2.38. The summed E-state index contributed by atoms with van der Waals surface area (Å²) in [7, 11) is 1.33. The van der Waals surface area contributed by atoms with E-state index in [1.807, 2.05) is 45.0 Å². The Morgan fingerprint density at radius 2 is 1.77 bits per heavy atom. The standard InChI is InChI=1S/C18H21NO3/c1-11(2)19-13(4)16(18(21)22-5)15(17(19)20)10-14-8-6-12(3)7-9-14/h6-11H,1-5H3. The summed E-state index contributed by atoms with van der Waals surface area (Å²) in [5.74, 6) is -0.638. The first kappa shape index (κ1) is 16.0. The van der Waals surface area contributed by atoms with E-state index in [-0.39, 0.29) is 11.9 Å². The average Bonchev–Trinajstić information content (AvgIpc) is 2.71. The van der Waals surface area contributed by atoms with Crippen LogP contribution in [0.5, 0.6) is 0 Å². The Hall–Kier alpha value is -2.36. The van der Waals surface area contributed by atoms with Crippen molar-refractivity contribution in [1.82, 2.24) is 4.90 Å². The number of carbonyl (C=O) groups excluding carboxylic acids is 2. The van der Waals surface area contributed by atoms with E-state index in [0.717, 1.165) is 11.1 Å². The molecule has 0 spiro atoms. The molecule has 1 aliphatic rings. The summed E-state index contributed by atoms with van der Waals surface area (Å²) in [4.78, 5) is 26.4. The van der Waals surface area contributed by atoms with Gasteiger partial charge in [-0.15, -0.1) is 0 Å². The maximum atomic E-state index is 12.7. The molecule has 4 nitrogen and oxygen atoms in total. The van der Waals surface area contributed by atoms with Gasteiger partial charge < -0.3 is 9.64 Å². The SMILES string of the molecule is COC(=O)C1=C(C)N(C(C)C)C(=O)C1=Cc1ccc(C)cc1. The Morgan fingerprint density at radius 1 is 1.18 bits per heavy atom. The molecular formula is C18H21NO3. The number of carbonyl (C=O) groups is 2. The quantitative estimate of drug-likeness (QED) is 0.636. The molecule has 0 saturated carbocycles. The molecule has 0 unspecified atom stereocenters. The summed E-state index contributed by atoms with van der Waals surface area (Å²) < 4.78 is 4.85. The maximum absolute atomic E-state index is 12.7. The third kappa shape index (κ3) is 2.82. The maximum Gasteiger partial charge on any atom is 0.340 e. The van der Waals surface area contributed by atoms with Gasteiger partial charge in [0.2, 0.25) is 0 Å². The average molecular weight is 299 g/mol. The molecule has 1 aromatic carbocycles. The van der Waals surface area contributed by atoms with E-state index in [1.54, 1.807) is 17.9 Å². The Bertz CT molecular complexity index is 666. The first-order valence-corrected chi connectivity index (χ1v) is 7.28. The molecule has 1 aliphatic heterocycles. The highest BCUT2D eigenvalue weighted by Crippen LogP contribution is 2.32. The van der Waals surface area contributed by atoms with E-state index in [4.69, 9.17) is 4.74 Å². The molecule has 1 amide bonds. The summed E-state index contributed by atoms with van der Waals surface area (Å²) in [6, 6.07) is 7.78. The lowest BCUT2D eigenvalue weighted by molar-refractivity contribution is -0.136. The molecule has 0 N–H and O–H groups in total. The number of amides is 1. The van der Waals surface area contributed by atoms with Gasteiger partial charge in [0.05, 0.1) is 18.3 Å². The van der Waals surface area contributed by atoms with Gasteiger partial charge in [-0.05, 0) is 39.3 Å². The molecule has 1 heterocycles. The van der Waals surface area contributed by atoms with Crippen LogP contribution in [0.15, 0.2) is 41.1 Å². The second-order valence-corrected chi connectivity index (χ2v) is 5.69. The van der Waals surface area contributed by atoms with Crippen molar-refractivity contribution in [3.8, 4) is 0 Å². The minimum absolute atomic E-state index is 0.0175. The number of esters is 1. The lowest BCUT2D eigenvalue weighted by atomic mass is 10.0. The van der Waals surface area contributed by atoms with Crippen LogP contribution in [-0.2, 0) is 14.3 Å². The largest absolute Gasteiger partial charge is 0.465 e. The van der Waals surface area contributed by atoms with Gasteiger partial charge in [-0.3, -0.25) is 4.79 Å². The minimum Gasteiger partial charge on any atom is -0.465 e. The van der Waals surface area contributed by atoms with Crippen molar-refractivity contribution in [3.63, 3.8) is 0 Å². The van der Waals surface area contributed by atoms with Crippen LogP contribution >= 0.6 is 0 Å². The van der Waals surface area contributed by atoms with Gasteiger partial charge in [0, 0.05) is 11.7 Å². The van der Waals surface area contributed by atoms with Crippen LogP contribution in [0.1, 0.15) is 31.9 Å². The molecule has 2 rings (SSSR count). The molecule has 22 heavy (non-hydrogen) atoms. The molecule has 0 saturated heterocycles. The van der Waals surface area contributed by atoms with Crippen LogP contribution in [0.2, 0.25) is 0 Å². The predicted octanol–water partition coefficient (Wildman–Crippen LogP) is 3.08. The van der Waals surface area contributed by atoms with E-state index in [1.165, 1.54) is 7.11 Å². The number of rotatable bonds is 3. The zero-order valence-corrected chi connectivity index (χ0v) is 13.6. The smallest absolute Gasteiger partial charge is 0.340 e. The van der Waals surface area contributed by atoms with E-state index in [2.05, 4.69) is 0 Å². The Morgan fingerprint density at radius 3 is 2.27 bits per heavy atom. The van der Waals surface area contributed by atoms with E-state index >= 15 is 0 Å². The van der Waals surface area contributed by atoms with Gasteiger partial charge in [-0.25, -0.2) is 4.79 Å². The van der Waals surface area contributed by atoms with Crippen molar-refractivity contribution in [1.29, 1.82) is 0 Å². The van der Waals surface area contributed by atoms with Crippen molar-refractivity contribution in [2.75, 3.05) is 7.11 Å². The Labute approximate surface area is 131 Å². The van der Waals surface area contributed by atoms with Crippen LogP contribution in [0.25, 0.3) is 6.08 Å². The summed E-state index contributed by atoms with van der Waals surface area (Å²) in [5.41, 5.74) is 3.41. The number of hydrogen-bond donors (Lipinski definition) is 0. The second-order valence-electron chi connectivity index (χ2n) is 5.69. The lowest BCUT2D eigenvalue weighted by Crippen LogP contribution is -2.31. The van der Waals surface area contributed by atoms with Gasteiger partial charge in [-0.2, -0.15) is 0 Å². The molecular weight excluding hydrogens is 278 g/mol. The number of nitrogens with zero attached hydrogens (tertiary/aromatic N) is 1. The van der Waals surface area contributed by atoms with Crippen molar-refractivity contribution >= 4 is 18.0 Å². The van der Waals surface area contributed by atoms with Crippen LogP contribution in [0, 0.1) is 6.92 Å². The van der Waals surface area contributed by atoms with Crippen molar-refractivity contribution in [2.45, 2.75) is 33.7 Å². The van der Waals surface area contributed by atoms with Gasteiger partial charge in [-0.1, -0.05) is 29.8 Å². The van der Waals surface area contributed by atoms with Gasteiger partial charge in [0.25, 0.3) is 5.91 Å². The monoisotopic (exact) mass is 299 g/mol. The topological polar surface area (TPSA) is 46.6 Å². The molecule has 0 bridgehead atoms. The zero-order chi connectivity index (χ0) is 16.4. The Kier molecular flexibility index (Phi) is 4.50. The molecule has 1 aromatic rings. The fourth-order valence-corrected chi connectivity index (χ4v) is 2.65. The van der Waals surface area contributed by atoms with E-state index < -0.39 is 5.97 Å². The minimum atomic E-state index is -0.479. The van der Waals surface area contributed by atoms with Crippen LogP contribution in [0.4, 0.5) is 0 Å². The summed E-state index contributed by atoms with van der Waals surface area (Å²) in [5, 5.41) is 0. The third-order valence-corrected chi connectivity index (χ3v) is 3.74. The summed E-state index contributed by atoms with van der Waals surface area (Å²) in [6.07, 6.45) is 1.75. The first-order chi connectivity index (χ1) is 10.4. The molecule has 0 atom stereocenters. The molecule has 0 aliphatic carbocycles. The highest BCUT2D eigenvalue weighted by atomic mass is 16.5. The molecule has 0 radical (unpaired) electrons. The number of ether oxygens (including phenoxy) is 1. The van der Waals surface area contributed by atoms with Crippen molar-refractivity contribution < 1.29 is 14.3 Å². The third-order valence-electron chi connectivity index (χ3n) is 3.74. The summed E-state index contributed by atoms with van der Waals surface area (Å²) >= 11 is 0. The molecule has 4 heteroatoms. The highest BCUT2D eigenvalue weighted by molar-refractivity contribution is 6.16. The second kappa shape index (κ2) is 6.18. The van der Waals surface area contributed by atoms with Crippen LogP contribution < -0.4 is 0 Å². The van der Waals surface area contributed by atoms with E-state index in [9.17, 15) is 9.59 Å². The van der Waals surface area contributed by atoms with Crippen LogP contribution in [-0.4, -0.2) is 29.9 Å². The van der Waals surface area contributed by atoms with Crippen molar-refractivity contribution in [2.24, 2.45) is 0 Å². The first-order valence-electron chi connectivity index (χ1n) is 7.28. The normalized spacial score (nSPS) is 16.9. The zero-order valence-electron chi connectivity index (χ0n) is 13.6. The van der Waals surface area contributed by atoms with Gasteiger partial charge >= 0.3 is 5.97 Å². The van der Waals surface area contributed by atoms with Gasteiger partial charge in [0.1, 0.15) is 0 Å². The number of aryl methyl sites for hydroxylation is 1. The number of allylic oxidation sites excluding steroid dienone is 1. The van der Waals surface area contributed by atoms with Crippen molar-refractivity contribution in [3.05, 3.63) is 52.2 Å². The lowest BCUT2D eigenvalue weighted by Gasteiger charge is -2.22. The molecule has 116 valence electrons. The number of benzene rings is 1. The Balaban J connectivity index is 2.54. The summed E-state index contributed by atoms with van der Waals surface area (Å²) in [6.45, 7) is 7.62. The number of methoxy groups -OCH3 is 1. The number of hydrogen-bond acceptors (Lipinski definition) is 3. The predicted molar refractivity (Wildman–Crippen MR) is 85.9 cm³/mol. The molecule has 0 fully saturated rings.